The van der Waals surface area contributed by atoms with Gasteiger partial charge in [-0.3, -0.25) is 11.3 Å². The Morgan fingerprint density at radius 2 is 2.17 bits per heavy atom. The first kappa shape index (κ1) is 13.5. The van der Waals surface area contributed by atoms with E-state index in [1.165, 1.54) is 24.9 Å². The molecule has 0 aromatic heterocycles. The van der Waals surface area contributed by atoms with Crippen molar-refractivity contribution >= 4 is 0 Å². The number of hydrogen-bond donors (Lipinski definition) is 3. The van der Waals surface area contributed by atoms with Crippen LogP contribution in [-0.2, 0) is 6.42 Å². The van der Waals surface area contributed by atoms with Gasteiger partial charge in [-0.15, -0.1) is 0 Å². The van der Waals surface area contributed by atoms with E-state index in [4.69, 9.17) is 5.84 Å². The van der Waals surface area contributed by atoms with Crippen LogP contribution in [0.5, 0.6) is 0 Å². The number of hydrazine groups is 1. The maximum Gasteiger partial charge on any atom is 0.0334 e. The van der Waals surface area contributed by atoms with Crippen LogP contribution >= 0.6 is 0 Å². The first-order valence-corrected chi connectivity index (χ1v) is 6.81. The minimum atomic E-state index is 0.487. The van der Waals surface area contributed by atoms with Crippen molar-refractivity contribution in [3.63, 3.8) is 0 Å². The van der Waals surface area contributed by atoms with Crippen LogP contribution in [0.1, 0.15) is 12.0 Å². The molecular formula is C14H24N4. The van der Waals surface area contributed by atoms with Gasteiger partial charge in [0.05, 0.1) is 0 Å². The summed E-state index contributed by atoms with van der Waals surface area (Å²) in [5.74, 6) is 5.37. The van der Waals surface area contributed by atoms with Crippen molar-refractivity contribution in [2.45, 2.75) is 18.9 Å². The monoisotopic (exact) mass is 248 g/mol. The van der Waals surface area contributed by atoms with Gasteiger partial charge in [-0.2, -0.15) is 0 Å². The number of aryl methyl sites for hydroxylation is 1. The second-order valence-electron chi connectivity index (χ2n) is 4.95. The van der Waals surface area contributed by atoms with E-state index in [-0.39, 0.29) is 0 Å². The molecule has 18 heavy (non-hydrogen) atoms. The van der Waals surface area contributed by atoms with Crippen molar-refractivity contribution in [2.75, 3.05) is 32.7 Å². The van der Waals surface area contributed by atoms with Crippen LogP contribution in [0, 0.1) is 0 Å². The molecule has 0 bridgehead atoms. The predicted molar refractivity (Wildman–Crippen MR) is 75.2 cm³/mol. The molecule has 1 heterocycles. The molecule has 4 N–H and O–H groups in total. The molecule has 1 aromatic carbocycles. The van der Waals surface area contributed by atoms with Gasteiger partial charge < -0.3 is 10.2 Å². The smallest absolute Gasteiger partial charge is 0.0334 e. The minimum absolute atomic E-state index is 0.487. The average molecular weight is 248 g/mol. The summed E-state index contributed by atoms with van der Waals surface area (Å²) in [6, 6.07) is 11.2. The molecule has 4 heteroatoms. The number of piperazine rings is 1. The fourth-order valence-corrected chi connectivity index (χ4v) is 2.53. The van der Waals surface area contributed by atoms with Crippen LogP contribution in [0.4, 0.5) is 0 Å². The maximum absolute atomic E-state index is 5.37. The van der Waals surface area contributed by atoms with Crippen molar-refractivity contribution < 1.29 is 0 Å². The molecule has 1 aliphatic rings. The van der Waals surface area contributed by atoms with Gasteiger partial charge in [0.15, 0.2) is 0 Å². The largest absolute Gasteiger partial charge is 0.310 e. The van der Waals surface area contributed by atoms with E-state index in [9.17, 15) is 0 Å². The Morgan fingerprint density at radius 1 is 1.33 bits per heavy atom. The Bertz CT molecular complexity index is 326. The van der Waals surface area contributed by atoms with Crippen LogP contribution in [0.15, 0.2) is 30.3 Å². The van der Waals surface area contributed by atoms with E-state index in [0.29, 0.717) is 6.04 Å². The zero-order chi connectivity index (χ0) is 12.6. The Hall–Kier alpha value is -0.940. The van der Waals surface area contributed by atoms with Crippen molar-refractivity contribution in [1.82, 2.24) is 15.6 Å². The molecule has 0 radical (unpaired) electrons. The number of nitrogens with one attached hydrogen (secondary N) is 2. The summed E-state index contributed by atoms with van der Waals surface area (Å²) in [5, 5.41) is 3.47. The van der Waals surface area contributed by atoms with Gasteiger partial charge in [0.25, 0.3) is 0 Å². The minimum Gasteiger partial charge on any atom is -0.310 e. The van der Waals surface area contributed by atoms with Crippen molar-refractivity contribution in [3.8, 4) is 0 Å². The summed E-state index contributed by atoms with van der Waals surface area (Å²) < 4.78 is 0. The lowest BCUT2D eigenvalue weighted by Gasteiger charge is -2.33. The Labute approximate surface area is 110 Å². The highest BCUT2D eigenvalue weighted by molar-refractivity contribution is 5.14. The maximum atomic E-state index is 5.37. The number of benzene rings is 1. The predicted octanol–water partition coefficient (Wildman–Crippen LogP) is 0.356. The average Bonchev–Trinajstić information content (AvgIpc) is 2.41. The fraction of sp³-hybridized carbons (Fsp3) is 0.571. The van der Waals surface area contributed by atoms with Crippen LogP contribution in [0.2, 0.25) is 0 Å². The van der Waals surface area contributed by atoms with Crippen molar-refractivity contribution in [1.29, 1.82) is 0 Å². The third-order valence-corrected chi connectivity index (χ3v) is 3.49. The highest BCUT2D eigenvalue weighted by Crippen LogP contribution is 2.05. The lowest BCUT2D eigenvalue weighted by atomic mass is 10.1. The van der Waals surface area contributed by atoms with Gasteiger partial charge in [0.1, 0.15) is 0 Å². The molecule has 4 nitrogen and oxygen atoms in total. The topological polar surface area (TPSA) is 53.3 Å². The van der Waals surface area contributed by atoms with E-state index < -0.39 is 0 Å². The van der Waals surface area contributed by atoms with Crippen LogP contribution in [0.25, 0.3) is 0 Å². The van der Waals surface area contributed by atoms with Gasteiger partial charge in [0.2, 0.25) is 0 Å². The summed E-state index contributed by atoms with van der Waals surface area (Å²) >= 11 is 0. The summed E-state index contributed by atoms with van der Waals surface area (Å²) in [7, 11) is 0. The van der Waals surface area contributed by atoms with Gasteiger partial charge >= 0.3 is 0 Å². The SMILES string of the molecule is NNCC1CN(CCCc2ccccc2)CCN1. The number of nitrogens with zero attached hydrogens (tertiary/aromatic N) is 1. The van der Waals surface area contributed by atoms with Gasteiger partial charge in [-0.05, 0) is 24.9 Å². The molecule has 1 saturated heterocycles. The standard InChI is InChI=1S/C14H24N4/c15-17-11-14-12-18(10-8-16-14)9-4-7-13-5-2-1-3-6-13/h1-3,5-6,14,16-17H,4,7-12,15H2. The van der Waals surface area contributed by atoms with Crippen molar-refractivity contribution in [2.24, 2.45) is 5.84 Å². The molecule has 1 aliphatic heterocycles. The van der Waals surface area contributed by atoms with Crippen LogP contribution in [0.3, 0.4) is 0 Å². The van der Waals surface area contributed by atoms with E-state index in [1.807, 2.05) is 0 Å². The van der Waals surface area contributed by atoms with E-state index in [0.717, 1.165) is 26.2 Å². The van der Waals surface area contributed by atoms with Gasteiger partial charge in [-0.25, -0.2) is 0 Å². The zero-order valence-electron chi connectivity index (χ0n) is 10.9. The first-order valence-electron chi connectivity index (χ1n) is 6.81. The number of hydrogen-bond acceptors (Lipinski definition) is 4. The summed E-state index contributed by atoms with van der Waals surface area (Å²) in [6.07, 6.45) is 2.40. The summed E-state index contributed by atoms with van der Waals surface area (Å²) in [6.45, 7) is 5.33. The highest BCUT2D eigenvalue weighted by Gasteiger charge is 2.17. The number of rotatable bonds is 6. The highest BCUT2D eigenvalue weighted by atomic mass is 15.3. The quantitative estimate of drug-likeness (QED) is 0.502. The lowest BCUT2D eigenvalue weighted by Crippen LogP contribution is -2.55. The molecule has 0 amide bonds. The molecule has 100 valence electrons. The fourth-order valence-electron chi connectivity index (χ4n) is 2.53. The van der Waals surface area contributed by atoms with E-state index >= 15 is 0 Å². The molecule has 0 saturated carbocycles. The van der Waals surface area contributed by atoms with E-state index in [2.05, 4.69) is 46.0 Å². The second-order valence-corrected chi connectivity index (χ2v) is 4.95. The molecular weight excluding hydrogens is 224 g/mol. The summed E-state index contributed by atoms with van der Waals surface area (Å²) in [4.78, 5) is 2.53. The summed E-state index contributed by atoms with van der Waals surface area (Å²) in [5.41, 5.74) is 4.19. The third-order valence-electron chi connectivity index (χ3n) is 3.49. The lowest BCUT2D eigenvalue weighted by molar-refractivity contribution is 0.196. The Kier molecular flexibility index (Phi) is 5.61. The molecule has 0 spiro atoms. The third kappa shape index (κ3) is 4.38. The Balaban J connectivity index is 1.67. The van der Waals surface area contributed by atoms with Gasteiger partial charge in [0, 0.05) is 32.2 Å². The van der Waals surface area contributed by atoms with Gasteiger partial charge in [-0.1, -0.05) is 30.3 Å². The number of nitrogens with two attached hydrogens (primary N) is 1. The zero-order valence-corrected chi connectivity index (χ0v) is 10.9. The molecule has 1 fully saturated rings. The molecule has 0 aliphatic carbocycles. The Morgan fingerprint density at radius 3 is 2.94 bits per heavy atom. The molecule has 1 aromatic rings. The van der Waals surface area contributed by atoms with Crippen LogP contribution < -0.4 is 16.6 Å². The second kappa shape index (κ2) is 7.48. The normalized spacial score (nSPS) is 21.1. The molecule has 1 unspecified atom stereocenters. The van der Waals surface area contributed by atoms with Crippen molar-refractivity contribution in [3.05, 3.63) is 35.9 Å². The molecule has 2 rings (SSSR count). The molecule has 1 atom stereocenters. The first-order chi connectivity index (χ1) is 8.88. The van der Waals surface area contributed by atoms with Crippen LogP contribution in [-0.4, -0.2) is 43.7 Å². The van der Waals surface area contributed by atoms with E-state index in [1.54, 1.807) is 0 Å².